The quantitative estimate of drug-likeness (QED) is 0.623. The lowest BCUT2D eigenvalue weighted by Gasteiger charge is -2.45. The molecule has 0 aromatic rings. The van der Waals surface area contributed by atoms with E-state index >= 15 is 0 Å². The van der Waals surface area contributed by atoms with Gasteiger partial charge in [0.15, 0.2) is 6.10 Å². The Kier molecular flexibility index (Phi) is 5.98. The molecule has 0 aromatic carbocycles. The molecule has 2 amide bonds. The molecule has 0 saturated heterocycles. The van der Waals surface area contributed by atoms with E-state index in [9.17, 15) is 14.7 Å². The Bertz CT molecular complexity index is 374. The van der Waals surface area contributed by atoms with Gasteiger partial charge in [-0.1, -0.05) is 0 Å². The fourth-order valence-corrected chi connectivity index (χ4v) is 2.16. The maximum absolute atomic E-state index is 11.9. The number of ether oxygens (including phenoxy) is 2. The van der Waals surface area contributed by atoms with Crippen molar-refractivity contribution < 1.29 is 24.2 Å². The van der Waals surface area contributed by atoms with Crippen molar-refractivity contribution in [3.8, 4) is 0 Å². The predicted molar refractivity (Wildman–Crippen MR) is 76.8 cm³/mol. The van der Waals surface area contributed by atoms with E-state index in [0.29, 0.717) is 26.0 Å². The summed E-state index contributed by atoms with van der Waals surface area (Å²) in [4.78, 5) is 23.8. The van der Waals surface area contributed by atoms with Crippen molar-refractivity contribution in [3.63, 3.8) is 0 Å². The Labute approximate surface area is 125 Å². The molecule has 0 aliphatic heterocycles. The third-order valence-corrected chi connectivity index (χ3v) is 3.37. The average Bonchev–Trinajstić information content (AvgIpc) is 2.31. The first-order valence-corrected chi connectivity index (χ1v) is 7.16. The molecule has 1 rings (SSSR count). The normalized spacial score (nSPS) is 18.3. The first-order chi connectivity index (χ1) is 9.70. The number of aliphatic hydroxyl groups is 1. The van der Waals surface area contributed by atoms with Crippen LogP contribution in [-0.2, 0) is 14.3 Å². The molecule has 1 saturated carbocycles. The molecule has 1 fully saturated rings. The highest BCUT2D eigenvalue weighted by atomic mass is 16.6. The molecule has 7 nitrogen and oxygen atoms in total. The number of aliphatic hydroxyl groups excluding tert-OH is 1. The Morgan fingerprint density at radius 1 is 1.33 bits per heavy atom. The Morgan fingerprint density at radius 3 is 2.38 bits per heavy atom. The van der Waals surface area contributed by atoms with Crippen molar-refractivity contribution >= 4 is 12.0 Å². The fraction of sp³-hybridized carbons (Fsp3) is 0.857. The minimum absolute atomic E-state index is 0.314. The van der Waals surface area contributed by atoms with Crippen LogP contribution in [0.3, 0.4) is 0 Å². The topological polar surface area (TPSA) is 96.9 Å². The van der Waals surface area contributed by atoms with Crippen molar-refractivity contribution in [1.29, 1.82) is 0 Å². The first kappa shape index (κ1) is 17.7. The summed E-state index contributed by atoms with van der Waals surface area (Å²) in [5, 5.41) is 15.4. The molecule has 0 spiro atoms. The minimum Gasteiger partial charge on any atom is -0.444 e. The van der Waals surface area contributed by atoms with Crippen LogP contribution in [0.15, 0.2) is 0 Å². The lowest BCUT2D eigenvalue weighted by atomic mass is 9.72. The van der Waals surface area contributed by atoms with Crippen molar-refractivity contribution in [2.75, 3.05) is 20.3 Å². The zero-order valence-electron chi connectivity index (χ0n) is 13.2. The molecule has 1 unspecified atom stereocenters. The van der Waals surface area contributed by atoms with Crippen molar-refractivity contribution in [2.24, 2.45) is 0 Å². The van der Waals surface area contributed by atoms with Gasteiger partial charge in [-0.3, -0.25) is 4.79 Å². The van der Waals surface area contributed by atoms with E-state index in [0.717, 1.165) is 6.42 Å². The second-order valence-electron chi connectivity index (χ2n) is 6.32. The molecule has 0 radical (unpaired) electrons. The van der Waals surface area contributed by atoms with Gasteiger partial charge in [0, 0.05) is 13.7 Å². The van der Waals surface area contributed by atoms with Gasteiger partial charge in [0.2, 0.25) is 0 Å². The van der Waals surface area contributed by atoms with Crippen LogP contribution in [0.1, 0.15) is 40.0 Å². The number of alkyl carbamates (subject to hydrolysis) is 1. The standard InChI is InChI=1S/C14H26N2O5/c1-13(2,3)21-12(19)16-14(6-5-7-14)10(17)11(18)15-8-9-20-4/h10,17H,5-9H2,1-4H3,(H,15,18)(H,16,19). The number of carbonyl (C=O) groups is 2. The Balaban J connectivity index is 2.58. The maximum atomic E-state index is 11.9. The summed E-state index contributed by atoms with van der Waals surface area (Å²) in [5.74, 6) is -0.511. The van der Waals surface area contributed by atoms with Crippen LogP contribution in [0.4, 0.5) is 4.79 Å². The van der Waals surface area contributed by atoms with E-state index in [4.69, 9.17) is 9.47 Å². The number of hydrogen-bond acceptors (Lipinski definition) is 5. The molecule has 1 aliphatic carbocycles. The molecule has 0 aromatic heterocycles. The van der Waals surface area contributed by atoms with Crippen LogP contribution in [0, 0.1) is 0 Å². The summed E-state index contributed by atoms with van der Waals surface area (Å²) >= 11 is 0. The highest BCUT2D eigenvalue weighted by Gasteiger charge is 2.48. The zero-order chi connectivity index (χ0) is 16.1. The summed E-state index contributed by atoms with van der Waals surface area (Å²) in [6.07, 6.45) is 0.0237. The van der Waals surface area contributed by atoms with E-state index in [-0.39, 0.29) is 0 Å². The van der Waals surface area contributed by atoms with Gasteiger partial charge in [0.25, 0.3) is 5.91 Å². The fourth-order valence-electron chi connectivity index (χ4n) is 2.16. The largest absolute Gasteiger partial charge is 0.444 e. The summed E-state index contributed by atoms with van der Waals surface area (Å²) in [6, 6.07) is 0. The van der Waals surface area contributed by atoms with Gasteiger partial charge in [-0.05, 0) is 40.0 Å². The van der Waals surface area contributed by atoms with Crippen LogP contribution in [-0.4, -0.2) is 54.6 Å². The van der Waals surface area contributed by atoms with E-state index in [1.807, 2.05) is 0 Å². The zero-order valence-corrected chi connectivity index (χ0v) is 13.2. The second kappa shape index (κ2) is 7.09. The van der Waals surface area contributed by atoms with Gasteiger partial charge in [-0.25, -0.2) is 4.79 Å². The average molecular weight is 302 g/mol. The van der Waals surface area contributed by atoms with Crippen LogP contribution in [0.25, 0.3) is 0 Å². The van der Waals surface area contributed by atoms with Gasteiger partial charge in [0.1, 0.15) is 5.60 Å². The Hall–Kier alpha value is -1.34. The summed E-state index contributed by atoms with van der Waals surface area (Å²) < 4.78 is 10.0. The van der Waals surface area contributed by atoms with Gasteiger partial charge >= 0.3 is 6.09 Å². The third kappa shape index (κ3) is 5.17. The summed E-state index contributed by atoms with van der Waals surface area (Å²) in [6.45, 7) is 5.95. The highest BCUT2D eigenvalue weighted by molar-refractivity contribution is 5.83. The van der Waals surface area contributed by atoms with Gasteiger partial charge in [-0.15, -0.1) is 0 Å². The number of carbonyl (C=O) groups excluding carboxylic acids is 2. The SMILES string of the molecule is COCCNC(=O)C(O)C1(NC(=O)OC(C)(C)C)CCC1. The molecule has 21 heavy (non-hydrogen) atoms. The number of amides is 2. The lowest BCUT2D eigenvalue weighted by molar-refractivity contribution is -0.136. The van der Waals surface area contributed by atoms with Crippen LogP contribution in [0.5, 0.6) is 0 Å². The first-order valence-electron chi connectivity index (χ1n) is 7.16. The second-order valence-corrected chi connectivity index (χ2v) is 6.32. The lowest BCUT2D eigenvalue weighted by Crippen LogP contribution is -2.65. The molecular formula is C14H26N2O5. The Morgan fingerprint density at radius 2 is 1.95 bits per heavy atom. The predicted octanol–water partition coefficient (Wildman–Crippen LogP) is 0.557. The highest BCUT2D eigenvalue weighted by Crippen LogP contribution is 2.35. The van der Waals surface area contributed by atoms with Crippen LogP contribution < -0.4 is 10.6 Å². The number of rotatable bonds is 6. The summed E-state index contributed by atoms with van der Waals surface area (Å²) in [5.41, 5.74) is -1.56. The van der Waals surface area contributed by atoms with E-state index in [1.54, 1.807) is 20.8 Å². The van der Waals surface area contributed by atoms with E-state index in [1.165, 1.54) is 7.11 Å². The number of methoxy groups -OCH3 is 1. The maximum Gasteiger partial charge on any atom is 0.408 e. The van der Waals surface area contributed by atoms with Crippen LogP contribution in [0.2, 0.25) is 0 Å². The molecule has 1 aliphatic rings. The van der Waals surface area contributed by atoms with Crippen molar-refractivity contribution in [1.82, 2.24) is 10.6 Å². The molecule has 0 bridgehead atoms. The number of nitrogens with one attached hydrogen (secondary N) is 2. The van der Waals surface area contributed by atoms with Gasteiger partial charge in [-0.2, -0.15) is 0 Å². The molecule has 0 heterocycles. The van der Waals surface area contributed by atoms with Gasteiger partial charge < -0.3 is 25.2 Å². The van der Waals surface area contributed by atoms with E-state index < -0.39 is 29.2 Å². The third-order valence-electron chi connectivity index (χ3n) is 3.37. The molecule has 7 heteroatoms. The number of hydrogen-bond donors (Lipinski definition) is 3. The van der Waals surface area contributed by atoms with Crippen molar-refractivity contribution in [3.05, 3.63) is 0 Å². The smallest absolute Gasteiger partial charge is 0.408 e. The van der Waals surface area contributed by atoms with Gasteiger partial charge in [0.05, 0.1) is 12.1 Å². The molecular weight excluding hydrogens is 276 g/mol. The molecule has 122 valence electrons. The summed E-state index contributed by atoms with van der Waals surface area (Å²) in [7, 11) is 1.53. The monoisotopic (exact) mass is 302 g/mol. The molecule has 3 N–H and O–H groups in total. The van der Waals surface area contributed by atoms with E-state index in [2.05, 4.69) is 10.6 Å². The van der Waals surface area contributed by atoms with Crippen molar-refractivity contribution in [2.45, 2.75) is 57.3 Å². The molecule has 1 atom stereocenters. The van der Waals surface area contributed by atoms with Crippen LogP contribution >= 0.6 is 0 Å². The minimum atomic E-state index is -1.30.